The highest BCUT2D eigenvalue weighted by atomic mass is 35.5. The average molecular weight is 412 g/mol. The number of benzene rings is 3. The number of thiazole rings is 1. The number of hydrogen-bond acceptors (Lipinski definition) is 3. The molecule has 0 aliphatic rings. The van der Waals surface area contributed by atoms with Gasteiger partial charge in [0.2, 0.25) is 0 Å². The Balaban J connectivity index is 1.44. The molecule has 0 N–H and O–H groups in total. The zero-order chi connectivity index (χ0) is 18.6. The highest BCUT2D eigenvalue weighted by Gasteiger charge is 2.07. The lowest BCUT2D eigenvalue weighted by molar-refractivity contribution is 0.306. The van der Waals surface area contributed by atoms with Gasteiger partial charge in [0.25, 0.3) is 0 Å². The molecule has 1 heterocycles. The van der Waals surface area contributed by atoms with Gasteiger partial charge in [0.15, 0.2) is 0 Å². The molecule has 27 heavy (non-hydrogen) atoms. The Bertz CT molecular complexity index is 1050. The molecule has 134 valence electrons. The summed E-state index contributed by atoms with van der Waals surface area (Å²) in [4.78, 5) is 4.74. The number of aromatic nitrogens is 1. The number of ether oxygens (including phenoxy) is 1. The third-order valence-corrected chi connectivity index (χ3v) is 5.69. The first-order valence-electron chi connectivity index (χ1n) is 8.37. The van der Waals surface area contributed by atoms with E-state index in [0.717, 1.165) is 33.1 Å². The highest BCUT2D eigenvalue weighted by molar-refractivity contribution is 7.13. The summed E-state index contributed by atoms with van der Waals surface area (Å²) < 4.78 is 5.83. The monoisotopic (exact) mass is 411 g/mol. The lowest BCUT2D eigenvalue weighted by Gasteiger charge is -2.08. The summed E-state index contributed by atoms with van der Waals surface area (Å²) in [5.41, 5.74) is 4.14. The Morgan fingerprint density at radius 1 is 0.815 bits per heavy atom. The molecule has 5 heteroatoms. The van der Waals surface area contributed by atoms with Crippen molar-refractivity contribution in [2.75, 3.05) is 0 Å². The molecule has 0 unspecified atom stereocenters. The van der Waals surface area contributed by atoms with E-state index in [1.54, 1.807) is 17.4 Å². The fourth-order valence-electron chi connectivity index (χ4n) is 2.64. The van der Waals surface area contributed by atoms with Crippen LogP contribution in [-0.4, -0.2) is 4.98 Å². The zero-order valence-corrected chi connectivity index (χ0v) is 16.6. The van der Waals surface area contributed by atoms with Gasteiger partial charge in [0.1, 0.15) is 17.4 Å². The molecule has 0 spiro atoms. The van der Waals surface area contributed by atoms with Crippen LogP contribution in [0.4, 0.5) is 0 Å². The summed E-state index contributed by atoms with van der Waals surface area (Å²) >= 11 is 13.6. The van der Waals surface area contributed by atoms with Gasteiger partial charge in [-0.05, 0) is 42.0 Å². The van der Waals surface area contributed by atoms with Crippen LogP contribution >= 0.6 is 34.5 Å². The Morgan fingerprint density at radius 2 is 1.59 bits per heavy atom. The van der Waals surface area contributed by atoms with Crippen molar-refractivity contribution in [3.63, 3.8) is 0 Å². The van der Waals surface area contributed by atoms with E-state index < -0.39 is 0 Å². The summed E-state index contributed by atoms with van der Waals surface area (Å²) in [6.07, 6.45) is 0. The van der Waals surface area contributed by atoms with Crippen molar-refractivity contribution in [2.45, 2.75) is 6.61 Å². The number of rotatable bonds is 5. The lowest BCUT2D eigenvalue weighted by atomic mass is 10.1. The Hall–Kier alpha value is -2.33. The second-order valence-electron chi connectivity index (χ2n) is 5.97. The van der Waals surface area contributed by atoms with Crippen LogP contribution in [0.15, 0.2) is 78.2 Å². The van der Waals surface area contributed by atoms with Crippen LogP contribution in [0.5, 0.6) is 5.75 Å². The molecular weight excluding hydrogens is 397 g/mol. The second-order valence-corrected chi connectivity index (χ2v) is 7.64. The smallest absolute Gasteiger partial charge is 0.124 e. The largest absolute Gasteiger partial charge is 0.489 e. The van der Waals surface area contributed by atoms with E-state index in [4.69, 9.17) is 32.9 Å². The molecule has 0 saturated heterocycles. The summed E-state index contributed by atoms with van der Waals surface area (Å²) in [5.74, 6) is 0.795. The van der Waals surface area contributed by atoms with E-state index in [1.165, 1.54) is 0 Å². The quantitative estimate of drug-likeness (QED) is 0.342. The fourth-order valence-corrected chi connectivity index (χ4v) is 3.79. The van der Waals surface area contributed by atoms with Crippen LogP contribution < -0.4 is 4.74 Å². The van der Waals surface area contributed by atoms with E-state index in [9.17, 15) is 0 Å². The van der Waals surface area contributed by atoms with Gasteiger partial charge >= 0.3 is 0 Å². The van der Waals surface area contributed by atoms with E-state index in [-0.39, 0.29) is 0 Å². The summed E-state index contributed by atoms with van der Waals surface area (Å²) in [5, 5.41) is 4.17. The van der Waals surface area contributed by atoms with Crippen LogP contribution in [0.25, 0.3) is 21.8 Å². The van der Waals surface area contributed by atoms with Crippen molar-refractivity contribution in [1.29, 1.82) is 0 Å². The maximum atomic E-state index is 6.04. The molecule has 0 aliphatic heterocycles. The fraction of sp³-hybridized carbons (Fsp3) is 0.0455. The minimum atomic E-state index is 0.436. The molecule has 0 saturated carbocycles. The predicted molar refractivity (Wildman–Crippen MR) is 114 cm³/mol. The molecule has 0 radical (unpaired) electrons. The van der Waals surface area contributed by atoms with Gasteiger partial charge < -0.3 is 4.74 Å². The average Bonchev–Trinajstić information content (AvgIpc) is 3.20. The molecule has 4 aromatic rings. The molecule has 4 rings (SSSR count). The number of halogens is 2. The van der Waals surface area contributed by atoms with Crippen molar-refractivity contribution in [1.82, 2.24) is 4.98 Å². The zero-order valence-electron chi connectivity index (χ0n) is 14.2. The van der Waals surface area contributed by atoms with Gasteiger partial charge in [-0.3, -0.25) is 0 Å². The molecular formula is C22H15Cl2NOS. The van der Waals surface area contributed by atoms with Crippen molar-refractivity contribution in [3.05, 3.63) is 93.8 Å². The second kappa shape index (κ2) is 8.13. The number of nitrogens with zero attached hydrogens (tertiary/aromatic N) is 1. The normalized spacial score (nSPS) is 10.7. The van der Waals surface area contributed by atoms with E-state index in [2.05, 4.69) is 17.5 Å². The molecule has 1 aromatic heterocycles. The molecule has 2 nitrogen and oxygen atoms in total. The van der Waals surface area contributed by atoms with Crippen LogP contribution in [0.3, 0.4) is 0 Å². The van der Waals surface area contributed by atoms with Crippen LogP contribution in [0.2, 0.25) is 10.0 Å². The Morgan fingerprint density at radius 3 is 2.33 bits per heavy atom. The van der Waals surface area contributed by atoms with Crippen molar-refractivity contribution >= 4 is 34.5 Å². The first-order valence-corrected chi connectivity index (χ1v) is 10.0. The minimum absolute atomic E-state index is 0.436. The van der Waals surface area contributed by atoms with Gasteiger partial charge in [-0.1, -0.05) is 59.6 Å². The van der Waals surface area contributed by atoms with E-state index in [0.29, 0.717) is 16.7 Å². The van der Waals surface area contributed by atoms with Crippen molar-refractivity contribution in [3.8, 4) is 27.6 Å². The van der Waals surface area contributed by atoms with Crippen molar-refractivity contribution < 1.29 is 4.74 Å². The maximum Gasteiger partial charge on any atom is 0.124 e. The Labute approximate surface area is 172 Å². The number of hydrogen-bond donors (Lipinski definition) is 0. The van der Waals surface area contributed by atoms with Gasteiger partial charge in [-0.25, -0.2) is 4.98 Å². The molecule has 0 fully saturated rings. The minimum Gasteiger partial charge on any atom is -0.489 e. The predicted octanol–water partition coefficient (Wildman–Crippen LogP) is 7.36. The maximum absolute atomic E-state index is 6.04. The van der Waals surface area contributed by atoms with E-state index >= 15 is 0 Å². The SMILES string of the molecule is Clc1ccc(COc2ccc(-c3csc(-c4ccccc4)n3)cc2)cc1Cl. The standard InChI is InChI=1S/C22H15Cl2NOS/c23-19-11-6-15(12-20(19)24)13-26-18-9-7-16(8-10-18)21-14-27-22(25-21)17-4-2-1-3-5-17/h1-12,14H,13H2. The lowest BCUT2D eigenvalue weighted by Crippen LogP contribution is -1.95. The third-order valence-electron chi connectivity index (χ3n) is 4.06. The van der Waals surface area contributed by atoms with Gasteiger partial charge in [-0.15, -0.1) is 11.3 Å². The molecule has 0 atom stereocenters. The van der Waals surface area contributed by atoms with Crippen molar-refractivity contribution in [2.24, 2.45) is 0 Å². The van der Waals surface area contributed by atoms with Gasteiger partial charge in [0.05, 0.1) is 15.7 Å². The van der Waals surface area contributed by atoms with E-state index in [1.807, 2.05) is 54.6 Å². The molecule has 0 amide bonds. The summed E-state index contributed by atoms with van der Waals surface area (Å²) in [7, 11) is 0. The molecule has 3 aromatic carbocycles. The Kier molecular flexibility index (Phi) is 5.44. The van der Waals surface area contributed by atoms with Crippen LogP contribution in [0.1, 0.15) is 5.56 Å². The molecule has 0 aliphatic carbocycles. The summed E-state index contributed by atoms with van der Waals surface area (Å²) in [6.45, 7) is 0.436. The topological polar surface area (TPSA) is 22.1 Å². The van der Waals surface area contributed by atoms with Crippen LogP contribution in [0, 0.1) is 0 Å². The summed E-state index contributed by atoms with van der Waals surface area (Å²) in [6, 6.07) is 23.7. The first-order chi connectivity index (χ1) is 13.2. The van der Waals surface area contributed by atoms with Crippen LogP contribution in [-0.2, 0) is 6.61 Å². The van der Waals surface area contributed by atoms with Gasteiger partial charge in [-0.2, -0.15) is 0 Å². The highest BCUT2D eigenvalue weighted by Crippen LogP contribution is 2.30. The first kappa shape index (κ1) is 18.1. The van der Waals surface area contributed by atoms with Gasteiger partial charge in [0, 0.05) is 16.5 Å². The molecule has 0 bridgehead atoms. The third kappa shape index (κ3) is 4.33.